The molecule has 5 rings (SSSR count). The lowest BCUT2D eigenvalue weighted by Crippen LogP contribution is -2.45. The number of urea groups is 1. The average molecular weight is 489 g/mol. The van der Waals surface area contributed by atoms with Crippen LogP contribution in [0.1, 0.15) is 35.5 Å². The largest absolute Gasteiger partial charge is 0.334 e. The van der Waals surface area contributed by atoms with Gasteiger partial charge < -0.3 is 9.84 Å². The number of carbonyl (C=O) groups is 1. The van der Waals surface area contributed by atoms with Crippen molar-refractivity contribution in [3.63, 3.8) is 0 Å². The molecule has 0 aliphatic carbocycles. The summed E-state index contributed by atoms with van der Waals surface area (Å²) in [6.07, 6.45) is 0. The zero-order valence-electron chi connectivity index (χ0n) is 19.1. The maximum atomic E-state index is 13.8. The number of nitrogens with one attached hydrogen (secondary N) is 1. The molecule has 0 spiro atoms. The van der Waals surface area contributed by atoms with Crippen LogP contribution in [0.25, 0.3) is 17.0 Å². The molecule has 4 aromatic rings. The number of amides is 2. The van der Waals surface area contributed by atoms with Crippen molar-refractivity contribution in [2.24, 2.45) is 0 Å². The number of rotatable bonds is 5. The third-order valence-electron chi connectivity index (χ3n) is 5.98. The van der Waals surface area contributed by atoms with Gasteiger partial charge in [0.2, 0.25) is 5.82 Å². The Kier molecular flexibility index (Phi) is 6.09. The number of aromatic nitrogens is 2. The molecular formula is C27H22ClFN4O2. The van der Waals surface area contributed by atoms with Crippen molar-refractivity contribution < 1.29 is 13.7 Å². The van der Waals surface area contributed by atoms with Gasteiger partial charge >= 0.3 is 6.03 Å². The van der Waals surface area contributed by atoms with E-state index in [9.17, 15) is 9.18 Å². The van der Waals surface area contributed by atoms with Crippen LogP contribution in [0.3, 0.4) is 0 Å². The molecule has 1 N–H and O–H groups in total. The molecule has 1 atom stereocenters. The Labute approximate surface area is 207 Å². The van der Waals surface area contributed by atoms with Gasteiger partial charge in [0.25, 0.3) is 5.89 Å². The van der Waals surface area contributed by atoms with Crippen LogP contribution < -0.4 is 5.32 Å². The van der Waals surface area contributed by atoms with Gasteiger partial charge in [-0.2, -0.15) is 4.98 Å². The van der Waals surface area contributed by atoms with Crippen molar-refractivity contribution >= 4 is 23.2 Å². The van der Waals surface area contributed by atoms with E-state index in [1.807, 2.05) is 56.3 Å². The first-order chi connectivity index (χ1) is 16.9. The molecule has 6 nitrogen and oxygen atoms in total. The van der Waals surface area contributed by atoms with Gasteiger partial charge in [0.05, 0.1) is 18.2 Å². The molecule has 0 fully saturated rings. The van der Waals surface area contributed by atoms with Crippen molar-refractivity contribution in [2.45, 2.75) is 26.4 Å². The standard InChI is InChI=1S/C27H22ClFN4O2/c1-16-9-11-19(12-10-16)24-23(26-31-25(32-35-26)20-6-4-8-22(29)14-20)17(2)33(27(34)30-24)15-18-5-3-7-21(28)13-18/h3-14,24H,15H2,1-2H3,(H,30,34). The van der Waals surface area contributed by atoms with Gasteiger partial charge in [0, 0.05) is 16.3 Å². The molecule has 0 bridgehead atoms. The second-order valence-electron chi connectivity index (χ2n) is 8.44. The van der Waals surface area contributed by atoms with E-state index in [0.29, 0.717) is 28.4 Å². The normalized spacial score (nSPS) is 15.9. The van der Waals surface area contributed by atoms with Crippen LogP contribution in [0.15, 0.2) is 83.0 Å². The van der Waals surface area contributed by atoms with E-state index < -0.39 is 6.04 Å². The number of benzene rings is 3. The molecule has 0 radical (unpaired) electrons. The van der Waals surface area contributed by atoms with Gasteiger partial charge in [-0.15, -0.1) is 0 Å². The lowest BCUT2D eigenvalue weighted by molar-refractivity contribution is 0.203. The topological polar surface area (TPSA) is 71.3 Å². The molecule has 8 heteroatoms. The SMILES string of the molecule is CC1=C(c2nc(-c3cccc(F)c3)no2)C(c2ccc(C)cc2)NC(=O)N1Cc1cccc(Cl)c1. The maximum Gasteiger partial charge on any atom is 0.322 e. The van der Waals surface area contributed by atoms with Gasteiger partial charge in [-0.1, -0.05) is 70.9 Å². The van der Waals surface area contributed by atoms with Crippen LogP contribution in [-0.4, -0.2) is 21.1 Å². The van der Waals surface area contributed by atoms with E-state index in [-0.39, 0.29) is 23.6 Å². The van der Waals surface area contributed by atoms with Crippen LogP contribution in [0.5, 0.6) is 0 Å². The number of hydrogen-bond acceptors (Lipinski definition) is 4. The first kappa shape index (κ1) is 22.8. The Bertz CT molecular complexity index is 1430. The fourth-order valence-corrected chi connectivity index (χ4v) is 4.37. The first-order valence-corrected chi connectivity index (χ1v) is 11.5. The summed E-state index contributed by atoms with van der Waals surface area (Å²) < 4.78 is 19.4. The molecular weight excluding hydrogens is 467 g/mol. The van der Waals surface area contributed by atoms with E-state index in [1.165, 1.54) is 12.1 Å². The van der Waals surface area contributed by atoms with Gasteiger partial charge in [0.1, 0.15) is 5.82 Å². The lowest BCUT2D eigenvalue weighted by atomic mass is 9.94. The minimum atomic E-state index is -0.500. The quantitative estimate of drug-likeness (QED) is 0.346. The molecule has 1 aliphatic heterocycles. The minimum absolute atomic E-state index is 0.248. The molecule has 0 saturated carbocycles. The van der Waals surface area contributed by atoms with Crippen LogP contribution in [0.2, 0.25) is 5.02 Å². The first-order valence-electron chi connectivity index (χ1n) is 11.1. The highest BCUT2D eigenvalue weighted by molar-refractivity contribution is 6.30. The van der Waals surface area contributed by atoms with E-state index >= 15 is 0 Å². The second kappa shape index (κ2) is 9.35. The van der Waals surface area contributed by atoms with Crippen LogP contribution >= 0.6 is 11.6 Å². The van der Waals surface area contributed by atoms with Gasteiger partial charge in [-0.05, 0) is 49.2 Å². The molecule has 2 heterocycles. The minimum Gasteiger partial charge on any atom is -0.334 e. The Hall–Kier alpha value is -3.97. The fourth-order valence-electron chi connectivity index (χ4n) is 4.15. The Morgan fingerprint density at radius 1 is 1.06 bits per heavy atom. The van der Waals surface area contributed by atoms with Crippen molar-refractivity contribution in [2.75, 3.05) is 0 Å². The number of nitrogens with zero attached hydrogens (tertiary/aromatic N) is 3. The van der Waals surface area contributed by atoms with Gasteiger partial charge in [-0.3, -0.25) is 4.90 Å². The number of hydrogen-bond donors (Lipinski definition) is 1. The average Bonchev–Trinajstić information content (AvgIpc) is 3.32. The predicted molar refractivity (Wildman–Crippen MR) is 132 cm³/mol. The third kappa shape index (κ3) is 4.68. The summed E-state index contributed by atoms with van der Waals surface area (Å²) in [5.74, 6) is 0.128. The van der Waals surface area contributed by atoms with Gasteiger partial charge in [-0.25, -0.2) is 9.18 Å². The Balaban J connectivity index is 1.60. The predicted octanol–water partition coefficient (Wildman–Crippen LogP) is 6.54. The van der Waals surface area contributed by atoms with E-state index in [2.05, 4.69) is 15.5 Å². The highest BCUT2D eigenvalue weighted by atomic mass is 35.5. The fraction of sp³-hybridized carbons (Fsp3) is 0.148. The summed E-state index contributed by atoms with van der Waals surface area (Å²) in [7, 11) is 0. The molecule has 1 aliphatic rings. The zero-order valence-corrected chi connectivity index (χ0v) is 19.9. The molecule has 0 saturated heterocycles. The van der Waals surface area contributed by atoms with Crippen molar-refractivity contribution in [3.05, 3.63) is 112 Å². The summed E-state index contributed by atoms with van der Waals surface area (Å²) in [4.78, 5) is 19.4. The smallest absolute Gasteiger partial charge is 0.322 e. The summed E-state index contributed by atoms with van der Waals surface area (Å²) in [6, 6.07) is 20.5. The Morgan fingerprint density at radius 3 is 2.57 bits per heavy atom. The Morgan fingerprint density at radius 2 is 1.83 bits per heavy atom. The van der Waals surface area contributed by atoms with E-state index in [0.717, 1.165) is 16.7 Å². The van der Waals surface area contributed by atoms with Crippen molar-refractivity contribution in [3.8, 4) is 11.4 Å². The van der Waals surface area contributed by atoms with Crippen LogP contribution in [0.4, 0.5) is 9.18 Å². The number of allylic oxidation sites excluding steroid dienone is 1. The highest BCUT2D eigenvalue weighted by Crippen LogP contribution is 2.38. The molecule has 1 aromatic heterocycles. The summed E-state index contributed by atoms with van der Waals surface area (Å²) in [5, 5.41) is 7.76. The zero-order chi connectivity index (χ0) is 24.5. The van der Waals surface area contributed by atoms with Gasteiger partial charge in [0.15, 0.2) is 0 Å². The monoisotopic (exact) mass is 488 g/mol. The van der Waals surface area contributed by atoms with E-state index in [4.69, 9.17) is 16.1 Å². The maximum absolute atomic E-state index is 13.8. The number of carbonyl (C=O) groups excluding carboxylic acids is 1. The van der Waals surface area contributed by atoms with Crippen molar-refractivity contribution in [1.82, 2.24) is 20.4 Å². The van der Waals surface area contributed by atoms with Crippen LogP contribution in [-0.2, 0) is 6.54 Å². The van der Waals surface area contributed by atoms with Crippen LogP contribution in [0, 0.1) is 12.7 Å². The van der Waals surface area contributed by atoms with E-state index in [1.54, 1.807) is 23.1 Å². The second-order valence-corrected chi connectivity index (χ2v) is 8.88. The third-order valence-corrected chi connectivity index (χ3v) is 6.21. The lowest BCUT2D eigenvalue weighted by Gasteiger charge is -2.35. The number of aryl methyl sites for hydroxylation is 1. The molecule has 176 valence electrons. The highest BCUT2D eigenvalue weighted by Gasteiger charge is 2.35. The summed E-state index contributed by atoms with van der Waals surface area (Å²) in [6.45, 7) is 4.17. The molecule has 2 amide bonds. The summed E-state index contributed by atoms with van der Waals surface area (Å²) in [5.41, 5.74) is 4.71. The number of halogens is 2. The molecule has 1 unspecified atom stereocenters. The van der Waals surface area contributed by atoms with Crippen molar-refractivity contribution in [1.29, 1.82) is 0 Å². The molecule has 35 heavy (non-hydrogen) atoms. The summed E-state index contributed by atoms with van der Waals surface area (Å²) >= 11 is 6.16. The molecule has 3 aromatic carbocycles.